The van der Waals surface area contributed by atoms with Gasteiger partial charge in [0.05, 0.1) is 24.1 Å². The molecular formula is C21H25F6N7O3. The number of carbonyl (C=O) groups excluding carboxylic acids is 1. The van der Waals surface area contributed by atoms with Crippen LogP contribution in [0.3, 0.4) is 0 Å². The fourth-order valence-corrected chi connectivity index (χ4v) is 3.81. The molecule has 1 saturated heterocycles. The van der Waals surface area contributed by atoms with Crippen molar-refractivity contribution in [2.75, 3.05) is 43.6 Å². The third kappa shape index (κ3) is 7.30. The van der Waals surface area contributed by atoms with Gasteiger partial charge in [-0.25, -0.2) is 15.1 Å². The minimum Gasteiger partial charge on any atom is -0.378 e. The molecule has 1 atom stereocenters. The van der Waals surface area contributed by atoms with Crippen LogP contribution in [-0.2, 0) is 21.9 Å². The van der Waals surface area contributed by atoms with Crippen LogP contribution in [0.4, 0.5) is 38.0 Å². The minimum absolute atomic E-state index is 0.118. The third-order valence-corrected chi connectivity index (χ3v) is 5.79. The lowest BCUT2D eigenvalue weighted by atomic mass is 10.0. The van der Waals surface area contributed by atoms with Gasteiger partial charge in [-0.05, 0) is 19.8 Å². The van der Waals surface area contributed by atoms with Crippen LogP contribution in [0.5, 0.6) is 0 Å². The molecule has 2 aromatic rings. The number of aromatic amines is 1. The van der Waals surface area contributed by atoms with Gasteiger partial charge < -0.3 is 19.9 Å². The number of nitrogens with zero attached hydrogens (tertiary/aromatic N) is 5. The molecular weight excluding hydrogens is 512 g/mol. The number of likely N-dealkylation sites (N-methyl/N-ethyl adjacent to an activating group) is 1. The number of amides is 1. The quantitative estimate of drug-likeness (QED) is 0.494. The number of halogens is 6. The van der Waals surface area contributed by atoms with Gasteiger partial charge in [0.2, 0.25) is 11.9 Å². The summed E-state index contributed by atoms with van der Waals surface area (Å²) >= 11 is 0. The van der Waals surface area contributed by atoms with Crippen molar-refractivity contribution in [1.82, 2.24) is 25.1 Å². The Labute approximate surface area is 207 Å². The molecule has 1 aliphatic heterocycles. The highest BCUT2D eigenvalue weighted by Crippen LogP contribution is 2.32. The molecule has 1 fully saturated rings. The molecule has 0 saturated carbocycles. The number of hydrogen-bond donors (Lipinski definition) is 2. The van der Waals surface area contributed by atoms with Gasteiger partial charge >= 0.3 is 12.4 Å². The van der Waals surface area contributed by atoms with E-state index in [2.05, 4.69) is 20.4 Å². The van der Waals surface area contributed by atoms with Crippen molar-refractivity contribution in [2.24, 2.45) is 0 Å². The lowest BCUT2D eigenvalue weighted by Crippen LogP contribution is -2.47. The van der Waals surface area contributed by atoms with Crippen LogP contribution in [0.15, 0.2) is 23.4 Å². The summed E-state index contributed by atoms with van der Waals surface area (Å²) in [6.45, 7) is 1.95. The third-order valence-electron chi connectivity index (χ3n) is 5.79. The molecule has 37 heavy (non-hydrogen) atoms. The van der Waals surface area contributed by atoms with Crippen LogP contribution >= 0.6 is 0 Å². The van der Waals surface area contributed by atoms with E-state index >= 15 is 0 Å². The monoisotopic (exact) mass is 537 g/mol. The molecule has 204 valence electrons. The molecule has 0 spiro atoms. The lowest BCUT2D eigenvalue weighted by molar-refractivity contribution is -0.139. The van der Waals surface area contributed by atoms with E-state index in [1.54, 1.807) is 17.0 Å². The van der Waals surface area contributed by atoms with Gasteiger partial charge in [-0.2, -0.15) is 31.4 Å². The summed E-state index contributed by atoms with van der Waals surface area (Å²) < 4.78 is 82.8. The summed E-state index contributed by atoms with van der Waals surface area (Å²) in [6, 6.07) is -0.816. The number of nitrogens with one attached hydrogen (secondary N) is 2. The molecule has 0 unspecified atom stereocenters. The van der Waals surface area contributed by atoms with Crippen LogP contribution in [-0.4, -0.2) is 76.4 Å². The Hall–Kier alpha value is -3.43. The van der Waals surface area contributed by atoms with E-state index in [9.17, 15) is 35.9 Å². The number of carbonyl (C=O) groups is 1. The molecule has 2 N–H and O–H groups in total. The van der Waals surface area contributed by atoms with Gasteiger partial charge in [-0.3, -0.25) is 9.59 Å². The number of H-pyrrole nitrogens is 1. The molecule has 16 heteroatoms. The van der Waals surface area contributed by atoms with E-state index in [1.165, 1.54) is 11.8 Å². The van der Waals surface area contributed by atoms with Gasteiger partial charge in [0.1, 0.15) is 12.2 Å². The minimum atomic E-state index is -4.88. The molecule has 10 nitrogen and oxygen atoms in total. The van der Waals surface area contributed by atoms with Crippen LogP contribution < -0.4 is 15.8 Å². The second-order valence-electron chi connectivity index (χ2n) is 8.54. The molecule has 0 bridgehead atoms. The highest BCUT2D eigenvalue weighted by molar-refractivity contribution is 5.77. The SMILES string of the molecule is C[C@@H](COCC(=O)N(C)C1CCN(c2ncc(C(F)(F)F)cn2)CC1)Nc1cn[nH]c(=O)c1C(F)(F)F. The average molecular weight is 537 g/mol. The predicted molar refractivity (Wildman–Crippen MR) is 119 cm³/mol. The van der Waals surface area contributed by atoms with E-state index < -0.39 is 40.8 Å². The molecule has 2 aromatic heterocycles. The topological polar surface area (TPSA) is 116 Å². The predicted octanol–water partition coefficient (Wildman–Crippen LogP) is 2.54. The number of alkyl halides is 6. The van der Waals surface area contributed by atoms with Gasteiger partial charge in [0.25, 0.3) is 5.56 Å². The maximum atomic E-state index is 13.1. The standard InChI is InChI=1S/C21H25F6N7O3/c1-12(31-15-9-30-32-18(36)17(15)21(25,26)27)10-37-11-16(35)33(2)14-3-5-34(6-4-14)19-28-7-13(8-29-19)20(22,23)24/h7-9,12,14H,3-6,10-11H2,1-2H3,(H2,31,32,36)/t12-/m0/s1. The Morgan fingerprint density at radius 2 is 1.78 bits per heavy atom. The Kier molecular flexibility index (Phi) is 8.60. The summed E-state index contributed by atoms with van der Waals surface area (Å²) in [6.07, 6.45) is -6.04. The van der Waals surface area contributed by atoms with Crippen molar-refractivity contribution in [2.45, 2.75) is 44.2 Å². The maximum Gasteiger partial charge on any atom is 0.423 e. The van der Waals surface area contributed by atoms with E-state index in [0.717, 1.165) is 18.6 Å². The van der Waals surface area contributed by atoms with E-state index in [-0.39, 0.29) is 31.1 Å². The molecule has 3 heterocycles. The Balaban J connectivity index is 1.44. The van der Waals surface area contributed by atoms with Crippen molar-refractivity contribution >= 4 is 17.5 Å². The molecule has 3 rings (SSSR count). The van der Waals surface area contributed by atoms with Crippen molar-refractivity contribution in [3.8, 4) is 0 Å². The van der Waals surface area contributed by atoms with E-state index in [0.29, 0.717) is 25.9 Å². The summed E-state index contributed by atoms with van der Waals surface area (Å²) in [4.78, 5) is 34.9. The zero-order chi connectivity index (χ0) is 27.4. The number of rotatable bonds is 8. The molecule has 0 aliphatic carbocycles. The first-order valence-electron chi connectivity index (χ1n) is 11.2. The van der Waals surface area contributed by atoms with Gasteiger partial charge in [-0.1, -0.05) is 0 Å². The normalized spacial score (nSPS) is 15.9. The van der Waals surface area contributed by atoms with Gasteiger partial charge in [-0.15, -0.1) is 0 Å². The zero-order valence-corrected chi connectivity index (χ0v) is 19.9. The first kappa shape index (κ1) is 28.1. The molecule has 0 radical (unpaired) electrons. The lowest BCUT2D eigenvalue weighted by Gasteiger charge is -2.36. The molecule has 1 amide bonds. The number of ether oxygens (including phenoxy) is 1. The average Bonchev–Trinajstić information content (AvgIpc) is 2.82. The summed E-state index contributed by atoms with van der Waals surface area (Å²) in [7, 11) is 1.60. The first-order valence-corrected chi connectivity index (χ1v) is 11.2. The largest absolute Gasteiger partial charge is 0.423 e. The number of piperidine rings is 1. The van der Waals surface area contributed by atoms with Crippen LogP contribution in [0, 0.1) is 0 Å². The van der Waals surface area contributed by atoms with Crippen molar-refractivity contribution in [3.63, 3.8) is 0 Å². The fraction of sp³-hybridized carbons (Fsp3) is 0.571. The van der Waals surface area contributed by atoms with Crippen LogP contribution in [0.1, 0.15) is 30.9 Å². The Morgan fingerprint density at radius 1 is 1.16 bits per heavy atom. The maximum absolute atomic E-state index is 13.1. The highest BCUT2D eigenvalue weighted by atomic mass is 19.4. The summed E-state index contributed by atoms with van der Waals surface area (Å²) in [5.41, 5.74) is -4.22. The number of aromatic nitrogens is 4. The first-order chi connectivity index (χ1) is 17.3. The van der Waals surface area contributed by atoms with Crippen LogP contribution in [0.2, 0.25) is 0 Å². The summed E-state index contributed by atoms with van der Waals surface area (Å²) in [5.74, 6) is -0.167. The highest BCUT2D eigenvalue weighted by Gasteiger charge is 2.37. The number of anilines is 2. The smallest absolute Gasteiger partial charge is 0.378 e. The van der Waals surface area contributed by atoms with E-state index in [1.807, 2.05) is 0 Å². The zero-order valence-electron chi connectivity index (χ0n) is 19.9. The fourth-order valence-electron chi connectivity index (χ4n) is 3.81. The van der Waals surface area contributed by atoms with Crippen molar-refractivity contribution in [1.29, 1.82) is 0 Å². The Bertz CT molecular complexity index is 1120. The van der Waals surface area contributed by atoms with Crippen molar-refractivity contribution in [3.05, 3.63) is 40.1 Å². The van der Waals surface area contributed by atoms with E-state index in [4.69, 9.17) is 4.74 Å². The second kappa shape index (κ2) is 11.3. The Morgan fingerprint density at radius 3 is 2.35 bits per heavy atom. The van der Waals surface area contributed by atoms with Crippen molar-refractivity contribution < 1.29 is 35.9 Å². The molecule has 0 aromatic carbocycles. The molecule has 1 aliphatic rings. The summed E-state index contributed by atoms with van der Waals surface area (Å²) in [5, 5.41) is 7.64. The van der Waals surface area contributed by atoms with Crippen LogP contribution in [0.25, 0.3) is 0 Å². The van der Waals surface area contributed by atoms with Gasteiger partial charge in [0, 0.05) is 44.6 Å². The van der Waals surface area contributed by atoms with Gasteiger partial charge in [0.15, 0.2) is 0 Å². The number of hydrogen-bond acceptors (Lipinski definition) is 8. The second-order valence-corrected chi connectivity index (χ2v) is 8.54.